The van der Waals surface area contributed by atoms with Crippen molar-refractivity contribution >= 4 is 27.0 Å². The lowest BCUT2D eigenvalue weighted by Crippen LogP contribution is -2.16. The van der Waals surface area contributed by atoms with Crippen LogP contribution in [0, 0.1) is 0 Å². The molecule has 4 aromatic rings. The first kappa shape index (κ1) is 15.8. The molecule has 3 aromatic heterocycles. The van der Waals surface area contributed by atoms with E-state index in [0.29, 0.717) is 18.3 Å². The quantitative estimate of drug-likeness (QED) is 0.565. The number of aryl methyl sites for hydroxylation is 1. The first-order chi connectivity index (χ1) is 12.2. The first-order valence-corrected chi connectivity index (χ1v) is 8.62. The molecule has 1 aromatic carbocycles. The van der Waals surface area contributed by atoms with Crippen LogP contribution in [0.5, 0.6) is 0 Å². The highest BCUT2D eigenvalue weighted by molar-refractivity contribution is 9.10. The monoisotopic (exact) mass is 399 g/mol. The van der Waals surface area contributed by atoms with Crippen molar-refractivity contribution in [3.8, 4) is 22.8 Å². The Morgan fingerprint density at radius 1 is 1.24 bits per heavy atom. The molecule has 0 unspecified atom stereocenters. The second-order valence-corrected chi connectivity index (χ2v) is 6.54. The van der Waals surface area contributed by atoms with Crippen LogP contribution >= 0.6 is 15.9 Å². The maximum atomic E-state index is 12.0. The normalized spacial score (nSPS) is 11.3. The molecule has 0 atom stereocenters. The molecule has 7 nitrogen and oxygen atoms in total. The number of halogens is 1. The van der Waals surface area contributed by atoms with Crippen LogP contribution in [-0.2, 0) is 6.54 Å². The van der Waals surface area contributed by atoms with Gasteiger partial charge in [0.05, 0.1) is 16.6 Å². The molecule has 0 radical (unpaired) electrons. The van der Waals surface area contributed by atoms with E-state index in [1.807, 2.05) is 31.2 Å². The Morgan fingerprint density at radius 2 is 2.12 bits per heavy atom. The van der Waals surface area contributed by atoms with Gasteiger partial charge in [-0.2, -0.15) is 4.98 Å². The fourth-order valence-corrected chi connectivity index (χ4v) is 3.10. The highest BCUT2D eigenvalue weighted by Crippen LogP contribution is 2.25. The third-order valence-corrected chi connectivity index (χ3v) is 4.29. The predicted octanol–water partition coefficient (Wildman–Crippen LogP) is 3.61. The Kier molecular flexibility index (Phi) is 3.96. The van der Waals surface area contributed by atoms with E-state index in [1.165, 1.54) is 0 Å². The summed E-state index contributed by atoms with van der Waals surface area (Å²) in [5, 5.41) is 4.04. The van der Waals surface area contributed by atoms with E-state index >= 15 is 0 Å². The minimum atomic E-state index is -0.108. The zero-order chi connectivity index (χ0) is 17.4. The van der Waals surface area contributed by atoms with Crippen molar-refractivity contribution in [3.05, 3.63) is 51.6 Å². The van der Waals surface area contributed by atoms with Crippen molar-refractivity contribution < 1.29 is 4.52 Å². The molecule has 0 aliphatic heterocycles. The molecular formula is C17H14BrN5O2. The van der Waals surface area contributed by atoms with Crippen LogP contribution in [0.2, 0.25) is 0 Å². The summed E-state index contributed by atoms with van der Waals surface area (Å²) in [4.78, 5) is 23.4. The van der Waals surface area contributed by atoms with Crippen LogP contribution in [0.4, 0.5) is 0 Å². The van der Waals surface area contributed by atoms with Crippen LogP contribution in [0.1, 0.15) is 13.3 Å². The van der Waals surface area contributed by atoms with Crippen molar-refractivity contribution in [2.45, 2.75) is 19.9 Å². The van der Waals surface area contributed by atoms with E-state index in [4.69, 9.17) is 4.52 Å². The standard InChI is InChI=1S/C17H14BrN5O2/c1-2-5-23-14-4-3-10(7-13(14)20-17(23)24)15-21-16(25-22-15)11-6-12(18)9-19-8-11/h3-4,6-9H,2,5H2,1H3,(H,20,24). The summed E-state index contributed by atoms with van der Waals surface area (Å²) < 4.78 is 7.90. The van der Waals surface area contributed by atoms with Crippen LogP contribution in [0.15, 0.2) is 50.4 Å². The highest BCUT2D eigenvalue weighted by Gasteiger charge is 2.13. The van der Waals surface area contributed by atoms with Gasteiger partial charge in [0.15, 0.2) is 0 Å². The van der Waals surface area contributed by atoms with Gasteiger partial charge in [0, 0.05) is 29.0 Å². The Morgan fingerprint density at radius 3 is 2.92 bits per heavy atom. The zero-order valence-corrected chi connectivity index (χ0v) is 14.9. The van der Waals surface area contributed by atoms with E-state index in [9.17, 15) is 4.79 Å². The number of benzene rings is 1. The first-order valence-electron chi connectivity index (χ1n) is 7.83. The number of aromatic nitrogens is 5. The molecule has 0 fully saturated rings. The number of fused-ring (bicyclic) bond motifs is 1. The molecule has 0 aliphatic rings. The second-order valence-electron chi connectivity index (χ2n) is 5.63. The summed E-state index contributed by atoms with van der Waals surface area (Å²) >= 11 is 3.37. The molecule has 0 saturated carbocycles. The average Bonchev–Trinajstić information content (AvgIpc) is 3.20. The van der Waals surface area contributed by atoms with Gasteiger partial charge in [0.25, 0.3) is 5.89 Å². The number of imidazole rings is 1. The molecule has 8 heteroatoms. The molecule has 1 N–H and O–H groups in total. The summed E-state index contributed by atoms with van der Waals surface area (Å²) in [7, 11) is 0. The summed E-state index contributed by atoms with van der Waals surface area (Å²) in [5.41, 5.74) is 3.03. The third kappa shape index (κ3) is 2.89. The largest absolute Gasteiger partial charge is 0.334 e. The minimum absolute atomic E-state index is 0.108. The molecule has 0 bridgehead atoms. The maximum Gasteiger partial charge on any atom is 0.326 e. The number of H-pyrrole nitrogens is 1. The smallest absolute Gasteiger partial charge is 0.326 e. The van der Waals surface area contributed by atoms with Gasteiger partial charge in [-0.3, -0.25) is 9.55 Å². The van der Waals surface area contributed by atoms with Gasteiger partial charge >= 0.3 is 5.69 Å². The van der Waals surface area contributed by atoms with E-state index in [-0.39, 0.29) is 5.69 Å². The van der Waals surface area contributed by atoms with Crippen molar-refractivity contribution in [3.63, 3.8) is 0 Å². The van der Waals surface area contributed by atoms with Crippen LogP contribution in [-0.4, -0.2) is 24.7 Å². The summed E-state index contributed by atoms with van der Waals surface area (Å²) in [6.45, 7) is 2.72. The average molecular weight is 400 g/mol. The van der Waals surface area contributed by atoms with E-state index in [2.05, 4.69) is 36.0 Å². The van der Waals surface area contributed by atoms with Gasteiger partial charge in [-0.15, -0.1) is 0 Å². The van der Waals surface area contributed by atoms with E-state index < -0.39 is 0 Å². The van der Waals surface area contributed by atoms with E-state index in [1.54, 1.807) is 17.0 Å². The molecule has 4 rings (SSSR count). The third-order valence-electron chi connectivity index (χ3n) is 3.86. The van der Waals surface area contributed by atoms with Crippen LogP contribution in [0.3, 0.4) is 0 Å². The SMILES string of the molecule is CCCn1c(=O)[nH]c2cc(-c3noc(-c4cncc(Br)c4)n3)ccc21. The molecule has 0 aliphatic carbocycles. The van der Waals surface area contributed by atoms with Crippen molar-refractivity contribution in [2.24, 2.45) is 0 Å². The van der Waals surface area contributed by atoms with Crippen molar-refractivity contribution in [2.75, 3.05) is 0 Å². The molecule has 0 spiro atoms. The van der Waals surface area contributed by atoms with Crippen LogP contribution in [0.25, 0.3) is 33.9 Å². The molecule has 25 heavy (non-hydrogen) atoms. The fraction of sp³-hybridized carbons (Fsp3) is 0.176. The Hall–Kier alpha value is -2.74. The summed E-state index contributed by atoms with van der Waals surface area (Å²) in [6.07, 6.45) is 4.24. The Balaban J connectivity index is 1.74. The van der Waals surface area contributed by atoms with E-state index in [0.717, 1.165) is 33.1 Å². The number of hydrogen-bond donors (Lipinski definition) is 1. The number of rotatable bonds is 4. The lowest BCUT2D eigenvalue weighted by Gasteiger charge is -2.00. The van der Waals surface area contributed by atoms with Gasteiger partial charge < -0.3 is 9.51 Å². The number of pyridine rings is 1. The molecule has 3 heterocycles. The van der Waals surface area contributed by atoms with Gasteiger partial charge in [0.2, 0.25) is 5.82 Å². The lowest BCUT2D eigenvalue weighted by atomic mass is 10.2. The zero-order valence-electron chi connectivity index (χ0n) is 13.4. The van der Waals surface area contributed by atoms with Crippen molar-refractivity contribution in [1.82, 2.24) is 24.7 Å². The highest BCUT2D eigenvalue weighted by atomic mass is 79.9. The number of nitrogens with one attached hydrogen (secondary N) is 1. The lowest BCUT2D eigenvalue weighted by molar-refractivity contribution is 0.432. The Bertz CT molecular complexity index is 1110. The van der Waals surface area contributed by atoms with Gasteiger partial charge in [-0.05, 0) is 46.6 Å². The minimum Gasteiger partial charge on any atom is -0.334 e. The summed E-state index contributed by atoms with van der Waals surface area (Å²) in [6, 6.07) is 7.50. The predicted molar refractivity (Wildman–Crippen MR) is 97.1 cm³/mol. The maximum absolute atomic E-state index is 12.0. The molecule has 0 amide bonds. The van der Waals surface area contributed by atoms with Gasteiger partial charge in [-0.1, -0.05) is 12.1 Å². The molecule has 126 valence electrons. The second kappa shape index (κ2) is 6.29. The number of nitrogens with zero attached hydrogens (tertiary/aromatic N) is 4. The molecular weight excluding hydrogens is 386 g/mol. The van der Waals surface area contributed by atoms with Crippen LogP contribution < -0.4 is 5.69 Å². The van der Waals surface area contributed by atoms with Gasteiger partial charge in [-0.25, -0.2) is 4.79 Å². The van der Waals surface area contributed by atoms with Gasteiger partial charge in [0.1, 0.15) is 0 Å². The topological polar surface area (TPSA) is 89.6 Å². The number of aromatic amines is 1. The molecule has 0 saturated heterocycles. The fourth-order valence-electron chi connectivity index (χ4n) is 2.74. The van der Waals surface area contributed by atoms with Crippen molar-refractivity contribution in [1.29, 1.82) is 0 Å². The summed E-state index contributed by atoms with van der Waals surface area (Å²) in [5.74, 6) is 0.849. The number of hydrogen-bond acceptors (Lipinski definition) is 5. The Labute approximate surface area is 150 Å².